The number of carbonyl (C=O) groups excluding carboxylic acids is 1. The van der Waals surface area contributed by atoms with E-state index < -0.39 is 53.5 Å². The minimum Gasteiger partial charge on any atom is -0.372 e. The van der Waals surface area contributed by atoms with Gasteiger partial charge in [-0.05, 0) is 39.0 Å². The number of nitrogens with zero attached hydrogens (tertiary/aromatic N) is 6. The van der Waals surface area contributed by atoms with E-state index in [9.17, 15) is 31.1 Å². The Labute approximate surface area is 212 Å². The van der Waals surface area contributed by atoms with E-state index in [4.69, 9.17) is 4.74 Å². The number of morpholine rings is 1. The summed E-state index contributed by atoms with van der Waals surface area (Å²) >= 11 is 0. The highest BCUT2D eigenvalue weighted by Gasteiger charge is 2.41. The van der Waals surface area contributed by atoms with E-state index in [-0.39, 0.29) is 24.8 Å². The lowest BCUT2D eigenvalue weighted by Crippen LogP contribution is -2.58. The van der Waals surface area contributed by atoms with Gasteiger partial charge in [0.05, 0.1) is 41.8 Å². The van der Waals surface area contributed by atoms with Gasteiger partial charge < -0.3 is 15.0 Å². The molecule has 3 atom stereocenters. The number of halogens is 6. The summed E-state index contributed by atoms with van der Waals surface area (Å²) < 4.78 is 85.6. The van der Waals surface area contributed by atoms with Crippen LogP contribution in [0, 0.1) is 6.92 Å². The van der Waals surface area contributed by atoms with Gasteiger partial charge in [0.1, 0.15) is 11.5 Å². The minimum atomic E-state index is -5.10. The van der Waals surface area contributed by atoms with Crippen molar-refractivity contribution in [2.24, 2.45) is 0 Å². The first-order chi connectivity index (χ1) is 17.8. The number of anilines is 1. The van der Waals surface area contributed by atoms with Crippen LogP contribution in [0.2, 0.25) is 0 Å². The lowest BCUT2D eigenvalue weighted by Gasteiger charge is -2.43. The topological polar surface area (TPSA) is 98.1 Å². The van der Waals surface area contributed by atoms with Crippen molar-refractivity contribution in [3.8, 4) is 5.69 Å². The van der Waals surface area contributed by atoms with Crippen molar-refractivity contribution in [3.63, 3.8) is 0 Å². The van der Waals surface area contributed by atoms with Crippen molar-refractivity contribution in [3.05, 3.63) is 59.3 Å². The van der Waals surface area contributed by atoms with Gasteiger partial charge in [-0.1, -0.05) is 0 Å². The summed E-state index contributed by atoms with van der Waals surface area (Å²) in [6, 6.07) is 2.48. The maximum atomic E-state index is 13.8. The van der Waals surface area contributed by atoms with Crippen molar-refractivity contribution in [2.45, 2.75) is 51.4 Å². The van der Waals surface area contributed by atoms with Gasteiger partial charge >= 0.3 is 12.4 Å². The Morgan fingerprint density at radius 1 is 1.11 bits per heavy atom. The van der Waals surface area contributed by atoms with Crippen LogP contribution < -0.4 is 5.32 Å². The number of rotatable bonds is 5. The van der Waals surface area contributed by atoms with Gasteiger partial charge in [-0.3, -0.25) is 4.79 Å². The molecule has 1 amide bonds. The Balaban J connectivity index is 1.66. The fraction of sp³-hybridized carbons (Fsp3) is 0.435. The molecule has 0 bridgehead atoms. The lowest BCUT2D eigenvalue weighted by atomic mass is 10.0. The molecule has 9 nitrogen and oxygen atoms in total. The second kappa shape index (κ2) is 10.2. The molecule has 0 saturated carbocycles. The molecule has 0 spiro atoms. The quantitative estimate of drug-likeness (QED) is 0.484. The van der Waals surface area contributed by atoms with E-state index >= 15 is 0 Å². The summed E-state index contributed by atoms with van der Waals surface area (Å²) in [7, 11) is 0. The summed E-state index contributed by atoms with van der Waals surface area (Å²) in [5.74, 6) is -1.33. The average Bonchev–Trinajstić information content (AvgIpc) is 3.36. The summed E-state index contributed by atoms with van der Waals surface area (Å²) in [6.45, 7) is 4.87. The Morgan fingerprint density at radius 3 is 2.42 bits per heavy atom. The van der Waals surface area contributed by atoms with Crippen LogP contribution >= 0.6 is 0 Å². The fourth-order valence-corrected chi connectivity index (χ4v) is 4.20. The number of pyridine rings is 2. The summed E-state index contributed by atoms with van der Waals surface area (Å²) in [5, 5.41) is 10.6. The molecule has 0 unspecified atom stereocenters. The van der Waals surface area contributed by atoms with Crippen LogP contribution in [-0.4, -0.2) is 67.1 Å². The van der Waals surface area contributed by atoms with E-state index in [0.717, 1.165) is 0 Å². The SMILES string of the molecule is Cc1ccc(-n2nccn2)c(C(=O)N2C[C@@H](C)O[C@@H](C)[C@H]2CNc2ncc(C(F)(F)F)cc2C(F)(F)F)n1. The Bertz CT molecular complexity index is 1300. The normalized spacial score (nSPS) is 20.4. The van der Waals surface area contributed by atoms with Gasteiger partial charge in [0, 0.05) is 25.0 Å². The van der Waals surface area contributed by atoms with E-state index in [1.807, 2.05) is 0 Å². The monoisotopic (exact) mass is 543 g/mol. The summed E-state index contributed by atoms with van der Waals surface area (Å²) in [6.07, 6.45) is -7.98. The molecular weight excluding hydrogens is 520 g/mol. The molecule has 3 aromatic heterocycles. The molecular formula is C23H23F6N7O2. The van der Waals surface area contributed by atoms with Crippen molar-refractivity contribution < 1.29 is 35.9 Å². The number of hydrogen-bond acceptors (Lipinski definition) is 7. The van der Waals surface area contributed by atoms with Crippen LogP contribution in [0.15, 0.2) is 36.8 Å². The summed E-state index contributed by atoms with van der Waals surface area (Å²) in [5.41, 5.74) is -2.24. The van der Waals surface area contributed by atoms with Crippen molar-refractivity contribution >= 4 is 11.7 Å². The standard InChI is InChI=1S/C23H23F6N7O2/c1-12-4-5-17(36-32-6-7-33-36)19(34-12)21(37)35-11-13(2)38-14(3)18(35)10-31-20-16(23(27,28)29)8-15(9-30-20)22(24,25)26/h4-9,13-14,18H,10-11H2,1-3H3,(H,30,31)/t13-,14+,18-/m1/s1. The van der Waals surface area contributed by atoms with E-state index in [1.54, 1.807) is 32.9 Å². The molecule has 0 radical (unpaired) electrons. The molecule has 4 rings (SSSR count). The largest absolute Gasteiger partial charge is 0.419 e. The zero-order chi connectivity index (χ0) is 27.8. The van der Waals surface area contributed by atoms with E-state index in [1.165, 1.54) is 22.1 Å². The average molecular weight is 543 g/mol. The second-order valence-electron chi connectivity index (χ2n) is 8.81. The van der Waals surface area contributed by atoms with Crippen LogP contribution in [0.4, 0.5) is 32.2 Å². The van der Waals surface area contributed by atoms with Crippen LogP contribution in [-0.2, 0) is 17.1 Å². The predicted molar refractivity (Wildman–Crippen MR) is 121 cm³/mol. The maximum Gasteiger partial charge on any atom is 0.419 e. The van der Waals surface area contributed by atoms with Crippen molar-refractivity contribution in [1.82, 2.24) is 29.9 Å². The third kappa shape index (κ3) is 5.71. The number of aryl methyl sites for hydroxylation is 1. The molecule has 204 valence electrons. The van der Waals surface area contributed by atoms with Crippen molar-refractivity contribution in [2.75, 3.05) is 18.4 Å². The fourth-order valence-electron chi connectivity index (χ4n) is 4.20. The van der Waals surface area contributed by atoms with Crippen LogP contribution in [0.3, 0.4) is 0 Å². The predicted octanol–water partition coefficient (Wildman–Crippen LogP) is 4.13. The van der Waals surface area contributed by atoms with Crippen molar-refractivity contribution in [1.29, 1.82) is 0 Å². The van der Waals surface area contributed by atoms with Gasteiger partial charge in [0.2, 0.25) is 0 Å². The molecule has 0 aromatic carbocycles. The maximum absolute atomic E-state index is 13.8. The molecule has 0 aliphatic carbocycles. The van der Waals surface area contributed by atoms with Crippen LogP contribution in [0.25, 0.3) is 5.69 Å². The molecule has 15 heteroatoms. The lowest BCUT2D eigenvalue weighted by molar-refractivity contribution is -0.143. The van der Waals surface area contributed by atoms with E-state index in [0.29, 0.717) is 17.6 Å². The molecule has 1 aliphatic rings. The highest BCUT2D eigenvalue weighted by atomic mass is 19.4. The number of hydrogen-bond donors (Lipinski definition) is 1. The first kappa shape index (κ1) is 27.3. The number of nitrogens with one attached hydrogen (secondary N) is 1. The molecule has 4 heterocycles. The number of aromatic nitrogens is 5. The van der Waals surface area contributed by atoms with Gasteiger partial charge in [-0.25, -0.2) is 9.97 Å². The highest BCUT2D eigenvalue weighted by molar-refractivity contribution is 5.96. The Hall–Kier alpha value is -3.75. The molecule has 3 aromatic rings. The van der Waals surface area contributed by atoms with Gasteiger partial charge in [-0.2, -0.15) is 36.5 Å². The number of carbonyl (C=O) groups is 1. The second-order valence-corrected chi connectivity index (χ2v) is 8.81. The molecule has 1 fully saturated rings. The first-order valence-corrected chi connectivity index (χ1v) is 11.4. The summed E-state index contributed by atoms with van der Waals surface area (Å²) in [4.78, 5) is 24.2. The van der Waals surface area contributed by atoms with Gasteiger partial charge in [-0.15, -0.1) is 4.80 Å². The van der Waals surface area contributed by atoms with E-state index in [2.05, 4.69) is 25.5 Å². The number of amides is 1. The van der Waals surface area contributed by atoms with Gasteiger partial charge in [0.25, 0.3) is 5.91 Å². The third-order valence-corrected chi connectivity index (χ3v) is 5.95. The third-order valence-electron chi connectivity index (χ3n) is 5.95. The minimum absolute atomic E-state index is 0.00114. The zero-order valence-corrected chi connectivity index (χ0v) is 20.4. The van der Waals surface area contributed by atoms with Crippen LogP contribution in [0.1, 0.15) is 41.2 Å². The Kier molecular flexibility index (Phi) is 7.32. The molecule has 1 N–H and O–H groups in total. The number of alkyl halides is 6. The smallest absolute Gasteiger partial charge is 0.372 e. The first-order valence-electron chi connectivity index (χ1n) is 11.4. The highest BCUT2D eigenvalue weighted by Crippen LogP contribution is 2.38. The zero-order valence-electron chi connectivity index (χ0n) is 20.4. The molecule has 1 saturated heterocycles. The number of ether oxygens (including phenoxy) is 1. The Morgan fingerprint density at radius 2 is 1.79 bits per heavy atom. The van der Waals surface area contributed by atoms with Crippen LogP contribution in [0.5, 0.6) is 0 Å². The molecule has 1 aliphatic heterocycles. The van der Waals surface area contributed by atoms with Gasteiger partial charge in [0.15, 0.2) is 5.69 Å². The molecule has 38 heavy (non-hydrogen) atoms.